The minimum absolute atomic E-state index is 0.125. The van der Waals surface area contributed by atoms with Gasteiger partial charge in [-0.2, -0.15) is 0 Å². The van der Waals surface area contributed by atoms with Crippen LogP contribution in [-0.4, -0.2) is 22.1 Å². The summed E-state index contributed by atoms with van der Waals surface area (Å²) in [5, 5.41) is 11.9. The Bertz CT molecular complexity index is 495. The molecule has 6 nitrogen and oxygen atoms in total. The van der Waals surface area contributed by atoms with Gasteiger partial charge in [0.2, 0.25) is 0 Å². The topological polar surface area (TPSA) is 101 Å². The molecule has 90 valence electrons. The average molecular weight is 253 g/mol. The number of carbonyl (C=O) groups excluding carboxylic acids is 1. The quantitative estimate of drug-likeness (QED) is 0.413. The molecular formula is C10H11N3O3S. The summed E-state index contributed by atoms with van der Waals surface area (Å²) < 4.78 is 5.19. The normalized spacial score (nSPS) is 12.4. The summed E-state index contributed by atoms with van der Waals surface area (Å²) in [7, 11) is 0. The lowest BCUT2D eigenvalue weighted by Gasteiger charge is -2.05. The summed E-state index contributed by atoms with van der Waals surface area (Å²) in [6.45, 7) is 0. The van der Waals surface area contributed by atoms with Gasteiger partial charge in [-0.1, -0.05) is 0 Å². The largest absolute Gasteiger partial charge is 0.462 e. The van der Waals surface area contributed by atoms with Crippen molar-refractivity contribution in [2.24, 2.45) is 5.84 Å². The second kappa shape index (κ2) is 5.09. The molecule has 17 heavy (non-hydrogen) atoms. The monoisotopic (exact) mass is 253 g/mol. The maximum atomic E-state index is 11.0. The predicted molar refractivity (Wildman–Crippen MR) is 61.9 cm³/mol. The first kappa shape index (κ1) is 11.8. The fourth-order valence-corrected chi connectivity index (χ4v) is 2.10. The lowest BCUT2D eigenvalue weighted by molar-refractivity contribution is -0.129. The minimum atomic E-state index is -1.19. The Hall–Kier alpha value is -1.70. The van der Waals surface area contributed by atoms with Crippen LogP contribution in [0.2, 0.25) is 0 Å². The number of amides is 1. The molecule has 0 aromatic carbocycles. The highest BCUT2D eigenvalue weighted by molar-refractivity contribution is 7.13. The van der Waals surface area contributed by atoms with Gasteiger partial charge >= 0.3 is 0 Å². The van der Waals surface area contributed by atoms with Crippen LogP contribution in [0.25, 0.3) is 10.8 Å². The van der Waals surface area contributed by atoms with Gasteiger partial charge < -0.3 is 9.52 Å². The van der Waals surface area contributed by atoms with Gasteiger partial charge in [-0.15, -0.1) is 11.3 Å². The lowest BCUT2D eigenvalue weighted by atomic mass is 10.2. The first-order valence-corrected chi connectivity index (χ1v) is 5.75. The van der Waals surface area contributed by atoms with E-state index in [0.29, 0.717) is 16.5 Å². The van der Waals surface area contributed by atoms with Gasteiger partial charge in [0.1, 0.15) is 6.10 Å². The molecule has 2 rings (SSSR count). The van der Waals surface area contributed by atoms with E-state index in [9.17, 15) is 9.90 Å². The van der Waals surface area contributed by atoms with Gasteiger partial charge in [0.05, 0.1) is 12.0 Å². The Balaban J connectivity index is 2.06. The molecule has 2 heterocycles. The lowest BCUT2D eigenvalue weighted by Crippen LogP contribution is -2.40. The maximum absolute atomic E-state index is 11.0. The molecule has 1 unspecified atom stereocenters. The van der Waals surface area contributed by atoms with Gasteiger partial charge in [-0.25, -0.2) is 10.8 Å². The van der Waals surface area contributed by atoms with Crippen LogP contribution in [0.5, 0.6) is 0 Å². The van der Waals surface area contributed by atoms with Crippen molar-refractivity contribution in [1.82, 2.24) is 10.4 Å². The Labute approximate surface area is 101 Å². The standard InChI is InChI=1S/C10H11N3O3S/c11-13-9(15)7(14)4-6-5-17-10(12-6)8-2-1-3-16-8/h1-3,5,7,14H,4,11H2,(H,13,15). The van der Waals surface area contributed by atoms with E-state index < -0.39 is 12.0 Å². The highest BCUT2D eigenvalue weighted by Crippen LogP contribution is 2.24. The molecule has 0 bridgehead atoms. The van der Waals surface area contributed by atoms with Gasteiger partial charge in [-0.3, -0.25) is 10.2 Å². The second-order valence-corrected chi connectivity index (χ2v) is 4.21. The van der Waals surface area contributed by atoms with Crippen LogP contribution in [-0.2, 0) is 11.2 Å². The van der Waals surface area contributed by atoms with E-state index in [1.165, 1.54) is 11.3 Å². The van der Waals surface area contributed by atoms with E-state index in [0.717, 1.165) is 0 Å². The van der Waals surface area contributed by atoms with Crippen molar-refractivity contribution < 1.29 is 14.3 Å². The number of aliphatic hydroxyl groups is 1. The van der Waals surface area contributed by atoms with Crippen molar-refractivity contribution in [3.63, 3.8) is 0 Å². The molecule has 2 aromatic rings. The second-order valence-electron chi connectivity index (χ2n) is 3.35. The summed E-state index contributed by atoms with van der Waals surface area (Å²) in [5.74, 6) is 4.96. The van der Waals surface area contributed by atoms with Crippen molar-refractivity contribution in [3.8, 4) is 10.8 Å². The molecule has 0 spiro atoms. The fourth-order valence-electron chi connectivity index (χ4n) is 1.30. The number of nitrogens with zero attached hydrogens (tertiary/aromatic N) is 1. The number of furan rings is 1. The number of rotatable bonds is 4. The average Bonchev–Trinajstić information content (AvgIpc) is 2.97. The van der Waals surface area contributed by atoms with Crippen LogP contribution in [0.3, 0.4) is 0 Å². The zero-order valence-electron chi connectivity index (χ0n) is 8.79. The van der Waals surface area contributed by atoms with Crippen LogP contribution in [0.4, 0.5) is 0 Å². The van der Waals surface area contributed by atoms with E-state index in [-0.39, 0.29) is 6.42 Å². The van der Waals surface area contributed by atoms with Gasteiger partial charge in [0, 0.05) is 11.8 Å². The summed E-state index contributed by atoms with van der Waals surface area (Å²) in [5.41, 5.74) is 2.51. The molecule has 0 fully saturated rings. The number of carbonyl (C=O) groups is 1. The SMILES string of the molecule is NNC(=O)C(O)Cc1csc(-c2ccco2)n1. The molecule has 1 amide bonds. The van der Waals surface area contributed by atoms with E-state index in [2.05, 4.69) is 4.98 Å². The van der Waals surface area contributed by atoms with Crippen molar-refractivity contribution in [3.05, 3.63) is 29.5 Å². The fraction of sp³-hybridized carbons (Fsp3) is 0.200. The Morgan fingerprint density at radius 2 is 2.53 bits per heavy atom. The number of aromatic nitrogens is 1. The van der Waals surface area contributed by atoms with Crippen LogP contribution >= 0.6 is 11.3 Å². The molecule has 0 aliphatic heterocycles. The van der Waals surface area contributed by atoms with Crippen LogP contribution in [0, 0.1) is 0 Å². The molecule has 0 saturated carbocycles. The summed E-state index contributed by atoms with van der Waals surface area (Å²) in [6, 6.07) is 3.57. The number of hydrazine groups is 1. The minimum Gasteiger partial charge on any atom is -0.462 e. The van der Waals surface area contributed by atoms with Gasteiger partial charge in [0.15, 0.2) is 10.8 Å². The Morgan fingerprint density at radius 3 is 3.18 bits per heavy atom. The third-order valence-electron chi connectivity index (χ3n) is 2.13. The van der Waals surface area contributed by atoms with Crippen molar-refractivity contribution >= 4 is 17.2 Å². The first-order chi connectivity index (χ1) is 8.20. The highest BCUT2D eigenvalue weighted by atomic mass is 32.1. The molecule has 0 aliphatic carbocycles. The number of thiazole rings is 1. The zero-order valence-corrected chi connectivity index (χ0v) is 9.61. The van der Waals surface area contributed by atoms with Gasteiger partial charge in [-0.05, 0) is 12.1 Å². The number of hydrogen-bond donors (Lipinski definition) is 3. The van der Waals surface area contributed by atoms with E-state index in [4.69, 9.17) is 10.3 Å². The number of aliphatic hydroxyl groups excluding tert-OH is 1. The van der Waals surface area contributed by atoms with E-state index >= 15 is 0 Å². The molecule has 0 saturated heterocycles. The van der Waals surface area contributed by atoms with Crippen molar-refractivity contribution in [2.45, 2.75) is 12.5 Å². The number of nitrogens with two attached hydrogens (primary N) is 1. The molecule has 4 N–H and O–H groups in total. The smallest absolute Gasteiger partial charge is 0.263 e. The molecule has 2 aromatic heterocycles. The third kappa shape index (κ3) is 2.70. The van der Waals surface area contributed by atoms with Gasteiger partial charge in [0.25, 0.3) is 5.91 Å². The van der Waals surface area contributed by atoms with Crippen LogP contribution in [0.1, 0.15) is 5.69 Å². The van der Waals surface area contributed by atoms with Crippen molar-refractivity contribution in [2.75, 3.05) is 0 Å². The zero-order chi connectivity index (χ0) is 12.3. The summed E-state index contributed by atoms with van der Waals surface area (Å²) in [6.07, 6.45) is 0.499. The Morgan fingerprint density at radius 1 is 1.71 bits per heavy atom. The van der Waals surface area contributed by atoms with Crippen LogP contribution in [0.15, 0.2) is 28.2 Å². The maximum Gasteiger partial charge on any atom is 0.263 e. The van der Waals surface area contributed by atoms with E-state index in [1.54, 1.807) is 23.8 Å². The molecule has 7 heteroatoms. The highest BCUT2D eigenvalue weighted by Gasteiger charge is 2.16. The van der Waals surface area contributed by atoms with E-state index in [1.807, 2.05) is 5.43 Å². The number of nitrogens with one attached hydrogen (secondary N) is 1. The van der Waals surface area contributed by atoms with Crippen molar-refractivity contribution in [1.29, 1.82) is 0 Å². The molecule has 0 aliphatic rings. The molecule has 1 atom stereocenters. The predicted octanol–water partition coefficient (Wildman–Crippen LogP) is 0.296. The Kier molecular flexibility index (Phi) is 3.52. The van der Waals surface area contributed by atoms with Crippen LogP contribution < -0.4 is 11.3 Å². The third-order valence-corrected chi connectivity index (χ3v) is 3.04. The molecule has 0 radical (unpaired) electrons. The molecular weight excluding hydrogens is 242 g/mol. The first-order valence-electron chi connectivity index (χ1n) is 4.87. The number of hydrogen-bond acceptors (Lipinski definition) is 6. The summed E-state index contributed by atoms with van der Waals surface area (Å²) >= 11 is 1.39. The summed E-state index contributed by atoms with van der Waals surface area (Å²) in [4.78, 5) is 15.3.